The Labute approximate surface area is 156 Å². The van der Waals surface area contributed by atoms with Gasteiger partial charge in [-0.3, -0.25) is 9.78 Å². The summed E-state index contributed by atoms with van der Waals surface area (Å²) in [7, 11) is 0. The molecule has 0 aromatic carbocycles. The van der Waals surface area contributed by atoms with Crippen molar-refractivity contribution in [1.29, 1.82) is 0 Å². The standard InChI is InChI=1S/C21H30N4O/c1-16-7-12-24(13-8-16)11-5-10-23-21(26)20-14-17(2)25(18(20)3)19-6-4-9-22-15-19/h4,6,9,14-16H,5,7-8,10-13H2,1-3H3,(H,23,26). The molecule has 0 bridgehead atoms. The van der Waals surface area contributed by atoms with Gasteiger partial charge in [-0.1, -0.05) is 6.92 Å². The van der Waals surface area contributed by atoms with Crippen molar-refractivity contribution in [3.8, 4) is 5.69 Å². The van der Waals surface area contributed by atoms with Crippen molar-refractivity contribution in [2.45, 2.75) is 40.0 Å². The van der Waals surface area contributed by atoms with Gasteiger partial charge in [-0.2, -0.15) is 0 Å². The van der Waals surface area contributed by atoms with Gasteiger partial charge in [0.05, 0.1) is 17.4 Å². The van der Waals surface area contributed by atoms with Crippen LogP contribution in [0.1, 0.15) is 47.9 Å². The topological polar surface area (TPSA) is 50.2 Å². The van der Waals surface area contributed by atoms with E-state index in [0.29, 0.717) is 0 Å². The normalized spacial score (nSPS) is 16.0. The first-order valence-corrected chi connectivity index (χ1v) is 9.66. The molecule has 1 aliphatic rings. The molecule has 3 rings (SSSR count). The molecule has 0 aliphatic carbocycles. The smallest absolute Gasteiger partial charge is 0.253 e. The molecule has 1 saturated heterocycles. The van der Waals surface area contributed by atoms with E-state index < -0.39 is 0 Å². The maximum absolute atomic E-state index is 12.6. The second-order valence-electron chi connectivity index (χ2n) is 7.47. The number of aromatic nitrogens is 2. The van der Waals surface area contributed by atoms with Gasteiger partial charge in [0.1, 0.15) is 0 Å². The number of carbonyl (C=O) groups excluding carboxylic acids is 1. The second kappa shape index (κ2) is 8.49. The van der Waals surface area contributed by atoms with Gasteiger partial charge in [-0.25, -0.2) is 0 Å². The van der Waals surface area contributed by atoms with Crippen molar-refractivity contribution in [3.63, 3.8) is 0 Å². The van der Waals surface area contributed by atoms with Gasteiger partial charge in [0.2, 0.25) is 0 Å². The predicted molar refractivity (Wildman–Crippen MR) is 105 cm³/mol. The van der Waals surface area contributed by atoms with E-state index in [0.717, 1.165) is 48.1 Å². The Hall–Kier alpha value is -2.14. The van der Waals surface area contributed by atoms with Gasteiger partial charge in [0, 0.05) is 24.1 Å². The lowest BCUT2D eigenvalue weighted by molar-refractivity contribution is 0.0950. The van der Waals surface area contributed by atoms with Gasteiger partial charge >= 0.3 is 0 Å². The van der Waals surface area contributed by atoms with Crippen molar-refractivity contribution in [1.82, 2.24) is 19.8 Å². The van der Waals surface area contributed by atoms with Crippen molar-refractivity contribution in [2.24, 2.45) is 5.92 Å². The SMILES string of the molecule is Cc1cc(C(=O)NCCCN2CCC(C)CC2)c(C)n1-c1cccnc1. The van der Waals surface area contributed by atoms with Crippen molar-refractivity contribution in [2.75, 3.05) is 26.2 Å². The highest BCUT2D eigenvalue weighted by Gasteiger charge is 2.17. The zero-order valence-corrected chi connectivity index (χ0v) is 16.2. The summed E-state index contributed by atoms with van der Waals surface area (Å²) in [4.78, 5) is 19.3. The molecular weight excluding hydrogens is 324 g/mol. The molecule has 1 aliphatic heterocycles. The van der Waals surface area contributed by atoms with Crippen LogP contribution in [0.3, 0.4) is 0 Å². The molecule has 2 aromatic heterocycles. The minimum atomic E-state index is 0.0144. The average Bonchev–Trinajstić information content (AvgIpc) is 2.95. The first-order valence-electron chi connectivity index (χ1n) is 9.66. The van der Waals surface area contributed by atoms with E-state index >= 15 is 0 Å². The van der Waals surface area contributed by atoms with Crippen molar-refractivity contribution >= 4 is 5.91 Å². The summed E-state index contributed by atoms with van der Waals surface area (Å²) in [6.07, 6.45) is 7.18. The third-order valence-corrected chi connectivity index (χ3v) is 5.39. The average molecular weight is 354 g/mol. The fourth-order valence-corrected chi connectivity index (χ4v) is 3.76. The highest BCUT2D eigenvalue weighted by atomic mass is 16.1. The Morgan fingerprint density at radius 2 is 2.08 bits per heavy atom. The summed E-state index contributed by atoms with van der Waals surface area (Å²) in [5.74, 6) is 0.876. The van der Waals surface area contributed by atoms with Gasteiger partial charge < -0.3 is 14.8 Å². The Balaban J connectivity index is 1.54. The zero-order valence-electron chi connectivity index (χ0n) is 16.2. The fraction of sp³-hybridized carbons (Fsp3) is 0.524. The number of hydrogen-bond acceptors (Lipinski definition) is 3. The number of hydrogen-bond donors (Lipinski definition) is 1. The molecule has 0 atom stereocenters. The Bertz CT molecular complexity index is 730. The minimum absolute atomic E-state index is 0.0144. The molecule has 1 N–H and O–H groups in total. The van der Waals surface area contributed by atoms with Crippen LogP contribution < -0.4 is 5.32 Å². The monoisotopic (exact) mass is 354 g/mol. The van der Waals surface area contributed by atoms with E-state index in [1.807, 2.05) is 38.2 Å². The number of pyridine rings is 1. The lowest BCUT2D eigenvalue weighted by Crippen LogP contribution is -2.35. The van der Waals surface area contributed by atoms with Crippen molar-refractivity contribution < 1.29 is 4.79 Å². The number of aryl methyl sites for hydroxylation is 1. The van der Waals surface area contributed by atoms with Crippen LogP contribution in [0.15, 0.2) is 30.6 Å². The molecular formula is C21H30N4O. The molecule has 140 valence electrons. The van der Waals surface area contributed by atoms with E-state index in [4.69, 9.17) is 0 Å². The number of nitrogens with zero attached hydrogens (tertiary/aromatic N) is 3. The number of carbonyl (C=O) groups is 1. The highest BCUT2D eigenvalue weighted by Crippen LogP contribution is 2.20. The molecule has 0 saturated carbocycles. The van der Waals surface area contributed by atoms with Crippen LogP contribution in [-0.2, 0) is 0 Å². The van der Waals surface area contributed by atoms with E-state index in [9.17, 15) is 4.79 Å². The molecule has 26 heavy (non-hydrogen) atoms. The maximum atomic E-state index is 12.6. The molecule has 3 heterocycles. The van der Waals surface area contributed by atoms with E-state index in [1.54, 1.807) is 6.20 Å². The second-order valence-corrected chi connectivity index (χ2v) is 7.47. The zero-order chi connectivity index (χ0) is 18.5. The highest BCUT2D eigenvalue weighted by molar-refractivity contribution is 5.95. The van der Waals surface area contributed by atoms with Crippen molar-refractivity contribution in [3.05, 3.63) is 47.5 Å². The summed E-state index contributed by atoms with van der Waals surface area (Å²) >= 11 is 0. The largest absolute Gasteiger partial charge is 0.352 e. The van der Waals surface area contributed by atoms with E-state index in [2.05, 4.69) is 26.7 Å². The van der Waals surface area contributed by atoms with Gasteiger partial charge in [-0.15, -0.1) is 0 Å². The molecule has 5 nitrogen and oxygen atoms in total. The lowest BCUT2D eigenvalue weighted by Gasteiger charge is -2.30. The number of amides is 1. The third-order valence-electron chi connectivity index (χ3n) is 5.39. The van der Waals surface area contributed by atoms with Gasteiger partial charge in [-0.05, 0) is 76.9 Å². The predicted octanol–water partition coefficient (Wildman–Crippen LogP) is 3.34. The van der Waals surface area contributed by atoms with Crippen LogP contribution in [0.2, 0.25) is 0 Å². The Kier molecular flexibility index (Phi) is 6.09. The van der Waals surface area contributed by atoms with E-state index in [1.165, 1.54) is 25.9 Å². The first-order chi connectivity index (χ1) is 12.6. The molecule has 0 spiro atoms. The Morgan fingerprint density at radius 3 is 2.77 bits per heavy atom. The molecule has 0 radical (unpaired) electrons. The summed E-state index contributed by atoms with van der Waals surface area (Å²) in [5, 5.41) is 3.09. The quantitative estimate of drug-likeness (QED) is 0.810. The van der Waals surface area contributed by atoms with Gasteiger partial charge in [0.15, 0.2) is 0 Å². The molecule has 5 heteroatoms. The number of rotatable bonds is 6. The van der Waals surface area contributed by atoms with E-state index in [-0.39, 0.29) is 5.91 Å². The summed E-state index contributed by atoms with van der Waals surface area (Å²) < 4.78 is 2.08. The number of piperidine rings is 1. The summed E-state index contributed by atoms with van der Waals surface area (Å²) in [6.45, 7) is 10.5. The molecule has 1 fully saturated rings. The van der Waals surface area contributed by atoms with Crippen LogP contribution in [0.4, 0.5) is 0 Å². The van der Waals surface area contributed by atoms with Crippen LogP contribution in [0.5, 0.6) is 0 Å². The fourth-order valence-electron chi connectivity index (χ4n) is 3.76. The van der Waals surface area contributed by atoms with Crippen LogP contribution in [0.25, 0.3) is 5.69 Å². The first kappa shape index (κ1) is 18.6. The van der Waals surface area contributed by atoms with Crippen LogP contribution >= 0.6 is 0 Å². The maximum Gasteiger partial charge on any atom is 0.253 e. The minimum Gasteiger partial charge on any atom is -0.352 e. The lowest BCUT2D eigenvalue weighted by atomic mass is 9.99. The molecule has 1 amide bonds. The summed E-state index contributed by atoms with van der Waals surface area (Å²) in [5.41, 5.74) is 3.74. The number of nitrogens with one attached hydrogen (secondary N) is 1. The number of likely N-dealkylation sites (tertiary alicyclic amines) is 1. The van der Waals surface area contributed by atoms with Gasteiger partial charge in [0.25, 0.3) is 5.91 Å². The van der Waals surface area contributed by atoms with Crippen LogP contribution in [-0.4, -0.2) is 46.5 Å². The summed E-state index contributed by atoms with van der Waals surface area (Å²) in [6, 6.07) is 5.88. The molecule has 2 aromatic rings. The molecule has 0 unspecified atom stereocenters. The third kappa shape index (κ3) is 4.33. The Morgan fingerprint density at radius 1 is 1.31 bits per heavy atom. The van der Waals surface area contributed by atoms with Crippen LogP contribution in [0, 0.1) is 19.8 Å².